The van der Waals surface area contributed by atoms with Crippen molar-refractivity contribution >= 4 is 34.8 Å². The molecule has 1 aromatic carbocycles. The van der Waals surface area contributed by atoms with E-state index in [1.807, 2.05) is 0 Å². The Hall–Kier alpha value is -2.88. The lowest BCUT2D eigenvalue weighted by Crippen LogP contribution is -2.36. The fourth-order valence-corrected chi connectivity index (χ4v) is 3.36. The van der Waals surface area contributed by atoms with Crippen LogP contribution in [0.25, 0.3) is 0 Å². The summed E-state index contributed by atoms with van der Waals surface area (Å²) in [5.41, 5.74) is -0.0516. The first-order chi connectivity index (χ1) is 12.3. The number of anilines is 1. The number of carboxylic acids is 1. The second-order valence-corrected chi connectivity index (χ2v) is 6.55. The highest BCUT2D eigenvalue weighted by atomic mass is 32.1. The van der Waals surface area contributed by atoms with Gasteiger partial charge in [0.2, 0.25) is 11.8 Å². The van der Waals surface area contributed by atoms with Crippen molar-refractivity contribution in [3.05, 3.63) is 45.9 Å². The van der Waals surface area contributed by atoms with Crippen LogP contribution in [0.15, 0.2) is 23.6 Å². The van der Waals surface area contributed by atoms with Crippen LogP contribution in [-0.4, -0.2) is 34.4 Å². The molecule has 0 bridgehead atoms. The monoisotopic (exact) mass is 381 g/mol. The third kappa shape index (κ3) is 3.69. The van der Waals surface area contributed by atoms with E-state index in [0.717, 1.165) is 23.5 Å². The van der Waals surface area contributed by atoms with Gasteiger partial charge in [0, 0.05) is 23.7 Å². The molecule has 1 unspecified atom stereocenters. The van der Waals surface area contributed by atoms with Gasteiger partial charge in [-0.3, -0.25) is 9.59 Å². The Morgan fingerprint density at radius 1 is 1.31 bits per heavy atom. The molecule has 2 amide bonds. The number of rotatable bonds is 5. The van der Waals surface area contributed by atoms with Crippen molar-refractivity contribution in [3.8, 4) is 0 Å². The largest absolute Gasteiger partial charge is 0.476 e. The van der Waals surface area contributed by atoms with E-state index >= 15 is 0 Å². The number of amides is 2. The van der Waals surface area contributed by atoms with E-state index in [9.17, 15) is 23.2 Å². The van der Waals surface area contributed by atoms with Crippen molar-refractivity contribution in [2.75, 3.05) is 11.4 Å². The normalized spacial score (nSPS) is 16.8. The van der Waals surface area contributed by atoms with Gasteiger partial charge in [0.05, 0.1) is 6.54 Å². The van der Waals surface area contributed by atoms with Gasteiger partial charge in [0.25, 0.3) is 0 Å². The Labute approximate surface area is 150 Å². The number of aromatic carboxylic acids is 1. The van der Waals surface area contributed by atoms with Crippen molar-refractivity contribution in [1.29, 1.82) is 0 Å². The summed E-state index contributed by atoms with van der Waals surface area (Å²) in [6.45, 7) is 0.162. The molecule has 0 aliphatic carbocycles. The minimum absolute atomic E-state index is 0.00481. The highest BCUT2D eigenvalue weighted by Crippen LogP contribution is 2.27. The van der Waals surface area contributed by atoms with Gasteiger partial charge in [0.1, 0.15) is 22.6 Å². The number of nitrogens with one attached hydrogen (secondary N) is 1. The molecule has 26 heavy (non-hydrogen) atoms. The molecule has 1 aliphatic heterocycles. The minimum Gasteiger partial charge on any atom is -0.476 e. The summed E-state index contributed by atoms with van der Waals surface area (Å²) in [6.07, 6.45) is 0.209. The van der Waals surface area contributed by atoms with Gasteiger partial charge in [-0.1, -0.05) is 0 Å². The SMILES string of the molecule is O=C(O)c1csc(CNC(=O)C2CCN(c3cc(F)cc(F)c3)C2=O)n1. The van der Waals surface area contributed by atoms with Crippen LogP contribution in [0.2, 0.25) is 0 Å². The van der Waals surface area contributed by atoms with E-state index in [4.69, 9.17) is 5.11 Å². The first-order valence-electron chi connectivity index (χ1n) is 7.58. The highest BCUT2D eigenvalue weighted by Gasteiger charge is 2.37. The maximum atomic E-state index is 13.3. The van der Waals surface area contributed by atoms with E-state index in [1.54, 1.807) is 0 Å². The molecule has 2 heterocycles. The summed E-state index contributed by atoms with van der Waals surface area (Å²) < 4.78 is 26.7. The first kappa shape index (κ1) is 17.9. The standard InChI is InChI=1S/C16H13F2N3O4S/c17-8-3-9(18)5-10(4-8)21-2-1-11(15(21)23)14(22)19-6-13-20-12(7-26-13)16(24)25/h3-5,7,11H,1-2,6H2,(H,19,22)(H,24,25). The van der Waals surface area contributed by atoms with E-state index in [-0.39, 0.29) is 30.9 Å². The summed E-state index contributed by atoms with van der Waals surface area (Å²) in [4.78, 5) is 40.4. The Morgan fingerprint density at radius 2 is 2.00 bits per heavy atom. The fraction of sp³-hybridized carbons (Fsp3) is 0.250. The topological polar surface area (TPSA) is 99.6 Å². The fourth-order valence-electron chi connectivity index (χ4n) is 2.65. The van der Waals surface area contributed by atoms with Gasteiger partial charge in [-0.15, -0.1) is 11.3 Å². The molecule has 136 valence electrons. The zero-order chi connectivity index (χ0) is 18.8. The van der Waals surface area contributed by atoms with Crippen LogP contribution in [0.5, 0.6) is 0 Å². The number of nitrogens with zero attached hydrogens (tertiary/aromatic N) is 2. The minimum atomic E-state index is -1.16. The Balaban J connectivity index is 1.63. The van der Waals surface area contributed by atoms with Crippen LogP contribution < -0.4 is 10.2 Å². The second-order valence-electron chi connectivity index (χ2n) is 5.61. The molecule has 1 aliphatic rings. The molecule has 0 radical (unpaired) electrons. The molecular formula is C16H13F2N3O4S. The maximum Gasteiger partial charge on any atom is 0.355 e. The molecule has 2 N–H and O–H groups in total. The van der Waals surface area contributed by atoms with E-state index in [1.165, 1.54) is 10.3 Å². The van der Waals surface area contributed by atoms with E-state index in [2.05, 4.69) is 10.3 Å². The lowest BCUT2D eigenvalue weighted by Gasteiger charge is -2.17. The number of carbonyl (C=O) groups is 3. The smallest absolute Gasteiger partial charge is 0.355 e. The van der Waals surface area contributed by atoms with Crippen LogP contribution in [0.1, 0.15) is 21.9 Å². The number of benzene rings is 1. The Kier molecular flexibility index (Phi) is 4.94. The predicted octanol–water partition coefficient (Wildman–Crippen LogP) is 1.79. The number of hydrogen-bond acceptors (Lipinski definition) is 5. The van der Waals surface area contributed by atoms with Crippen LogP contribution >= 0.6 is 11.3 Å². The first-order valence-corrected chi connectivity index (χ1v) is 8.46. The summed E-state index contributed by atoms with van der Waals surface area (Å²) >= 11 is 1.08. The molecule has 3 rings (SSSR count). The summed E-state index contributed by atoms with van der Waals surface area (Å²) in [5, 5.41) is 13.1. The van der Waals surface area contributed by atoms with E-state index in [0.29, 0.717) is 11.1 Å². The quantitative estimate of drug-likeness (QED) is 0.770. The number of aromatic nitrogens is 1. The van der Waals surface area contributed by atoms with Crippen LogP contribution in [0.4, 0.5) is 14.5 Å². The van der Waals surface area contributed by atoms with Gasteiger partial charge in [0.15, 0.2) is 5.69 Å². The molecule has 1 saturated heterocycles. The molecular weight excluding hydrogens is 368 g/mol. The van der Waals surface area contributed by atoms with Crippen molar-refractivity contribution in [2.45, 2.75) is 13.0 Å². The van der Waals surface area contributed by atoms with Gasteiger partial charge in [-0.2, -0.15) is 0 Å². The second kappa shape index (κ2) is 7.16. The summed E-state index contributed by atoms with van der Waals surface area (Å²) in [7, 11) is 0. The van der Waals surface area contributed by atoms with Gasteiger partial charge < -0.3 is 15.3 Å². The van der Waals surface area contributed by atoms with Gasteiger partial charge in [-0.25, -0.2) is 18.6 Å². The van der Waals surface area contributed by atoms with E-state index < -0.39 is 35.3 Å². The maximum absolute atomic E-state index is 13.3. The van der Waals surface area contributed by atoms with Crippen molar-refractivity contribution in [3.63, 3.8) is 0 Å². The molecule has 1 aromatic heterocycles. The molecule has 2 aromatic rings. The average molecular weight is 381 g/mol. The molecule has 1 fully saturated rings. The molecule has 7 nitrogen and oxygen atoms in total. The summed E-state index contributed by atoms with van der Waals surface area (Å²) in [5.74, 6) is -4.83. The molecule has 10 heteroatoms. The van der Waals surface area contributed by atoms with Crippen LogP contribution in [-0.2, 0) is 16.1 Å². The van der Waals surface area contributed by atoms with Crippen LogP contribution in [0.3, 0.4) is 0 Å². The van der Waals surface area contributed by atoms with Gasteiger partial charge in [-0.05, 0) is 18.6 Å². The number of hydrogen-bond donors (Lipinski definition) is 2. The number of carboxylic acid groups (broad SMARTS) is 1. The Bertz CT molecular complexity index is 866. The van der Waals surface area contributed by atoms with Crippen molar-refractivity contribution < 1.29 is 28.3 Å². The summed E-state index contributed by atoms with van der Waals surface area (Å²) in [6, 6.07) is 2.77. The van der Waals surface area contributed by atoms with Crippen molar-refractivity contribution in [1.82, 2.24) is 10.3 Å². The van der Waals surface area contributed by atoms with Gasteiger partial charge >= 0.3 is 5.97 Å². The average Bonchev–Trinajstić information content (AvgIpc) is 3.18. The number of carbonyl (C=O) groups excluding carboxylic acids is 2. The highest BCUT2D eigenvalue weighted by molar-refractivity contribution is 7.09. The Morgan fingerprint density at radius 3 is 2.62 bits per heavy atom. The van der Waals surface area contributed by atoms with Crippen molar-refractivity contribution in [2.24, 2.45) is 5.92 Å². The molecule has 0 spiro atoms. The number of halogens is 2. The zero-order valence-electron chi connectivity index (χ0n) is 13.2. The lowest BCUT2D eigenvalue weighted by atomic mass is 10.1. The zero-order valence-corrected chi connectivity index (χ0v) is 14.1. The molecule has 1 atom stereocenters. The predicted molar refractivity (Wildman–Crippen MR) is 87.7 cm³/mol. The third-order valence-corrected chi connectivity index (χ3v) is 4.71. The van der Waals surface area contributed by atoms with Crippen LogP contribution in [0, 0.1) is 17.6 Å². The number of thiazole rings is 1. The lowest BCUT2D eigenvalue weighted by molar-refractivity contribution is -0.132. The molecule has 0 saturated carbocycles. The third-order valence-electron chi connectivity index (χ3n) is 3.87.